The molecule has 0 amide bonds. The maximum atomic E-state index is 9.50. The van der Waals surface area contributed by atoms with E-state index in [9.17, 15) is 5.11 Å². The first-order chi connectivity index (χ1) is 6.11. The van der Waals surface area contributed by atoms with Gasteiger partial charge in [0.25, 0.3) is 0 Å². The molecule has 0 aliphatic carbocycles. The average molecular weight is 196 g/mol. The molecule has 0 saturated carbocycles. The molecule has 1 nitrogen and oxygen atoms in total. The Morgan fingerprint density at radius 3 is 2.31 bits per heavy atom. The highest BCUT2D eigenvalue weighted by Gasteiger charge is 2.08. The summed E-state index contributed by atoms with van der Waals surface area (Å²) in [5.41, 5.74) is 1.03. The molecule has 1 aromatic carbocycles. The Bertz CT molecular complexity index is 269. The first kappa shape index (κ1) is 10.6. The monoisotopic (exact) mass is 196 g/mol. The van der Waals surface area contributed by atoms with E-state index in [1.54, 1.807) is 18.7 Å². The van der Waals surface area contributed by atoms with Crippen molar-refractivity contribution in [2.24, 2.45) is 0 Å². The molecule has 0 radical (unpaired) electrons. The summed E-state index contributed by atoms with van der Waals surface area (Å²) >= 11 is 1.79. The Hall–Kier alpha value is -0.470. The molecule has 13 heavy (non-hydrogen) atoms. The van der Waals surface area contributed by atoms with E-state index in [0.29, 0.717) is 5.25 Å². The van der Waals surface area contributed by atoms with Gasteiger partial charge in [0.15, 0.2) is 0 Å². The van der Waals surface area contributed by atoms with Crippen LogP contribution in [0.3, 0.4) is 0 Å². The van der Waals surface area contributed by atoms with Gasteiger partial charge in [0.05, 0.1) is 6.10 Å². The molecular weight excluding hydrogens is 180 g/mol. The number of rotatable bonds is 3. The van der Waals surface area contributed by atoms with Crippen molar-refractivity contribution in [3.05, 3.63) is 29.8 Å². The van der Waals surface area contributed by atoms with Crippen molar-refractivity contribution in [2.45, 2.75) is 37.0 Å². The minimum atomic E-state index is -0.373. The third-order valence-electron chi connectivity index (χ3n) is 1.73. The molecule has 0 bridgehead atoms. The van der Waals surface area contributed by atoms with Crippen molar-refractivity contribution in [2.75, 3.05) is 0 Å². The van der Waals surface area contributed by atoms with Crippen LogP contribution in [0.5, 0.6) is 0 Å². The molecule has 0 fully saturated rings. The molecule has 1 rings (SSSR count). The highest BCUT2D eigenvalue weighted by Crippen LogP contribution is 2.29. The number of thioether (sulfide) groups is 1. The molecule has 1 N–H and O–H groups in total. The Balaban J connectivity index is 2.91. The summed E-state index contributed by atoms with van der Waals surface area (Å²) in [6.07, 6.45) is -0.373. The van der Waals surface area contributed by atoms with E-state index in [1.807, 2.05) is 18.2 Å². The lowest BCUT2D eigenvalue weighted by atomic mass is 10.1. The molecular formula is C11H16OS. The fraction of sp³-hybridized carbons (Fsp3) is 0.455. The van der Waals surface area contributed by atoms with Gasteiger partial charge in [-0.1, -0.05) is 32.0 Å². The van der Waals surface area contributed by atoms with Crippen LogP contribution in [-0.4, -0.2) is 10.4 Å². The Morgan fingerprint density at radius 2 is 1.77 bits per heavy atom. The summed E-state index contributed by atoms with van der Waals surface area (Å²) in [5.74, 6) is 0. The van der Waals surface area contributed by atoms with Gasteiger partial charge in [-0.2, -0.15) is 0 Å². The molecule has 1 aromatic rings. The van der Waals surface area contributed by atoms with Gasteiger partial charge in [0.2, 0.25) is 0 Å². The minimum Gasteiger partial charge on any atom is -0.389 e. The van der Waals surface area contributed by atoms with E-state index in [0.717, 1.165) is 5.56 Å². The predicted molar refractivity (Wildman–Crippen MR) is 58.1 cm³/mol. The zero-order chi connectivity index (χ0) is 9.84. The number of hydrogen-bond acceptors (Lipinski definition) is 2. The first-order valence-electron chi connectivity index (χ1n) is 4.55. The van der Waals surface area contributed by atoms with Gasteiger partial charge in [-0.25, -0.2) is 0 Å². The largest absolute Gasteiger partial charge is 0.389 e. The normalized spacial score (nSPS) is 13.3. The number of benzene rings is 1. The van der Waals surface area contributed by atoms with Crippen molar-refractivity contribution in [1.29, 1.82) is 0 Å². The summed E-state index contributed by atoms with van der Waals surface area (Å²) in [5, 5.41) is 10.1. The van der Waals surface area contributed by atoms with Crippen molar-refractivity contribution in [1.82, 2.24) is 0 Å². The number of hydrogen-bond donors (Lipinski definition) is 1. The molecule has 0 spiro atoms. The van der Waals surface area contributed by atoms with Crippen LogP contribution in [0.15, 0.2) is 29.2 Å². The second-order valence-electron chi connectivity index (χ2n) is 3.38. The highest BCUT2D eigenvalue weighted by molar-refractivity contribution is 8.00. The third-order valence-corrected chi connectivity index (χ3v) is 2.83. The molecule has 0 unspecified atom stereocenters. The summed E-state index contributed by atoms with van der Waals surface area (Å²) < 4.78 is 0. The van der Waals surface area contributed by atoms with Crippen LogP contribution in [0.2, 0.25) is 0 Å². The van der Waals surface area contributed by atoms with Gasteiger partial charge in [-0.05, 0) is 18.6 Å². The zero-order valence-corrected chi connectivity index (χ0v) is 9.14. The second-order valence-corrected chi connectivity index (χ2v) is 5.00. The van der Waals surface area contributed by atoms with Crippen LogP contribution in [0.4, 0.5) is 0 Å². The van der Waals surface area contributed by atoms with E-state index in [1.165, 1.54) is 4.90 Å². The van der Waals surface area contributed by atoms with Gasteiger partial charge < -0.3 is 5.11 Å². The Kier molecular flexibility index (Phi) is 3.82. The van der Waals surface area contributed by atoms with Gasteiger partial charge in [-0.15, -0.1) is 11.8 Å². The lowest BCUT2D eigenvalue weighted by Crippen LogP contribution is -1.95. The van der Waals surface area contributed by atoms with Crippen LogP contribution >= 0.6 is 11.8 Å². The van der Waals surface area contributed by atoms with E-state index in [2.05, 4.69) is 19.9 Å². The van der Waals surface area contributed by atoms with Crippen LogP contribution in [0.25, 0.3) is 0 Å². The number of aliphatic hydroxyl groups excluding tert-OH is 1. The fourth-order valence-electron chi connectivity index (χ4n) is 1.19. The van der Waals surface area contributed by atoms with Crippen LogP contribution in [0, 0.1) is 0 Å². The van der Waals surface area contributed by atoms with Gasteiger partial charge in [0, 0.05) is 10.1 Å². The fourth-order valence-corrected chi connectivity index (χ4v) is 2.23. The molecule has 1 atom stereocenters. The van der Waals surface area contributed by atoms with Crippen molar-refractivity contribution in [3.8, 4) is 0 Å². The quantitative estimate of drug-likeness (QED) is 0.749. The van der Waals surface area contributed by atoms with E-state index >= 15 is 0 Å². The minimum absolute atomic E-state index is 0.373. The molecule has 0 saturated heterocycles. The molecule has 0 aliphatic rings. The van der Waals surface area contributed by atoms with Gasteiger partial charge in [0.1, 0.15) is 0 Å². The lowest BCUT2D eigenvalue weighted by Gasteiger charge is -2.12. The van der Waals surface area contributed by atoms with Crippen LogP contribution in [0.1, 0.15) is 32.4 Å². The summed E-state index contributed by atoms with van der Waals surface area (Å²) in [4.78, 5) is 1.19. The Labute approximate surface area is 84.2 Å². The zero-order valence-electron chi connectivity index (χ0n) is 8.32. The topological polar surface area (TPSA) is 20.2 Å². The maximum Gasteiger partial charge on any atom is 0.0772 e. The lowest BCUT2D eigenvalue weighted by molar-refractivity contribution is 0.196. The molecule has 0 aliphatic heterocycles. The van der Waals surface area contributed by atoms with E-state index in [-0.39, 0.29) is 6.10 Å². The summed E-state index contributed by atoms with van der Waals surface area (Å²) in [7, 11) is 0. The first-order valence-corrected chi connectivity index (χ1v) is 5.43. The molecule has 0 heterocycles. The molecule has 2 heteroatoms. The predicted octanol–water partition coefficient (Wildman–Crippen LogP) is 3.24. The number of aliphatic hydroxyl groups is 1. The van der Waals surface area contributed by atoms with Crippen molar-refractivity contribution < 1.29 is 5.11 Å². The van der Waals surface area contributed by atoms with Gasteiger partial charge in [-0.3, -0.25) is 0 Å². The van der Waals surface area contributed by atoms with E-state index in [4.69, 9.17) is 0 Å². The average Bonchev–Trinajstić information content (AvgIpc) is 2.03. The molecule has 72 valence electrons. The SMILES string of the molecule is CC(C)Sc1ccccc1[C@H](C)O. The standard InChI is InChI=1S/C11H16OS/c1-8(2)13-11-7-5-4-6-10(11)9(3)12/h4-9,12H,1-3H3/t9-/m0/s1. The van der Waals surface area contributed by atoms with Crippen molar-refractivity contribution in [3.63, 3.8) is 0 Å². The summed E-state index contributed by atoms with van der Waals surface area (Å²) in [6, 6.07) is 8.02. The third kappa shape index (κ3) is 3.05. The second kappa shape index (κ2) is 4.68. The maximum absolute atomic E-state index is 9.50. The van der Waals surface area contributed by atoms with Gasteiger partial charge >= 0.3 is 0 Å². The molecule has 0 aromatic heterocycles. The van der Waals surface area contributed by atoms with Crippen LogP contribution < -0.4 is 0 Å². The van der Waals surface area contributed by atoms with Crippen molar-refractivity contribution >= 4 is 11.8 Å². The highest BCUT2D eigenvalue weighted by atomic mass is 32.2. The smallest absolute Gasteiger partial charge is 0.0772 e. The van der Waals surface area contributed by atoms with E-state index < -0.39 is 0 Å². The summed E-state index contributed by atoms with van der Waals surface area (Å²) in [6.45, 7) is 6.12. The van der Waals surface area contributed by atoms with Crippen LogP contribution in [-0.2, 0) is 0 Å². The Morgan fingerprint density at radius 1 is 1.15 bits per heavy atom.